The highest BCUT2D eigenvalue weighted by molar-refractivity contribution is 5.74. The van der Waals surface area contributed by atoms with Crippen LogP contribution in [0.4, 0.5) is 26.1 Å². The molecule has 2 aliphatic rings. The molecule has 0 amide bonds. The van der Waals surface area contributed by atoms with Crippen LogP contribution in [0.15, 0.2) is 48.9 Å². The second-order valence-electron chi connectivity index (χ2n) is 9.83. The third-order valence-electron chi connectivity index (χ3n) is 7.10. The van der Waals surface area contributed by atoms with Crippen molar-refractivity contribution >= 4 is 22.8 Å². The summed E-state index contributed by atoms with van der Waals surface area (Å²) in [7, 11) is 0. The number of anilines is 3. The molecule has 3 unspecified atom stereocenters. The maximum absolute atomic E-state index is 14.9. The fourth-order valence-electron chi connectivity index (χ4n) is 4.98. The average Bonchev–Trinajstić information content (AvgIpc) is 3.64. The topological polar surface area (TPSA) is 105 Å². The number of rotatable bonds is 5. The number of nitrogens with zero attached hydrogens (tertiary/aromatic N) is 5. The van der Waals surface area contributed by atoms with Crippen LogP contribution in [0.3, 0.4) is 0 Å². The molecule has 1 saturated heterocycles. The zero-order valence-electron chi connectivity index (χ0n) is 19.8. The third kappa shape index (κ3) is 4.06. The molecule has 36 heavy (non-hydrogen) atoms. The van der Waals surface area contributed by atoms with E-state index in [0.29, 0.717) is 35.8 Å². The normalized spacial score (nSPS) is 22.2. The van der Waals surface area contributed by atoms with Crippen molar-refractivity contribution in [1.29, 1.82) is 0 Å². The van der Waals surface area contributed by atoms with Crippen LogP contribution in [0.1, 0.15) is 31.2 Å². The van der Waals surface area contributed by atoms with Crippen LogP contribution >= 0.6 is 0 Å². The molecule has 10 heteroatoms. The van der Waals surface area contributed by atoms with E-state index in [1.807, 2.05) is 13.0 Å². The molecule has 8 nitrogen and oxygen atoms in total. The van der Waals surface area contributed by atoms with Crippen LogP contribution in [-0.2, 0) is 0 Å². The number of aliphatic hydroxyl groups is 1. The molecule has 1 aliphatic carbocycles. The van der Waals surface area contributed by atoms with Gasteiger partial charge in [0, 0.05) is 31.2 Å². The minimum Gasteiger partial charge on any atom is -0.391 e. The van der Waals surface area contributed by atoms with Gasteiger partial charge in [-0.25, -0.2) is 13.8 Å². The predicted molar refractivity (Wildman–Crippen MR) is 133 cm³/mol. The molecule has 6 rings (SSSR count). The summed E-state index contributed by atoms with van der Waals surface area (Å²) in [6.07, 6.45) is 6.37. The van der Waals surface area contributed by atoms with E-state index < -0.39 is 17.7 Å². The van der Waals surface area contributed by atoms with Gasteiger partial charge in [0.1, 0.15) is 11.6 Å². The van der Waals surface area contributed by atoms with Crippen LogP contribution in [0, 0.1) is 17.6 Å². The van der Waals surface area contributed by atoms with Crippen LogP contribution in [0.5, 0.6) is 0 Å². The molecular weight excluding hydrogens is 464 g/mol. The fraction of sp³-hybridized carbons (Fsp3) is 0.346. The Balaban J connectivity index is 1.34. The molecule has 4 N–H and O–H groups in total. The van der Waals surface area contributed by atoms with E-state index in [1.54, 1.807) is 30.7 Å². The minimum atomic E-state index is -0.620. The van der Waals surface area contributed by atoms with Gasteiger partial charge in [-0.2, -0.15) is 9.61 Å². The number of nitrogens with one attached hydrogen (secondary N) is 1. The number of nitrogens with two attached hydrogens (primary N) is 1. The lowest BCUT2D eigenvalue weighted by atomic mass is 9.92. The van der Waals surface area contributed by atoms with Gasteiger partial charge >= 0.3 is 0 Å². The largest absolute Gasteiger partial charge is 0.391 e. The summed E-state index contributed by atoms with van der Waals surface area (Å²) in [5.74, 6) is -0.609. The highest BCUT2D eigenvalue weighted by Gasteiger charge is 2.32. The Kier molecular flexibility index (Phi) is 5.57. The van der Waals surface area contributed by atoms with Crippen molar-refractivity contribution in [3.05, 3.63) is 66.1 Å². The van der Waals surface area contributed by atoms with Crippen molar-refractivity contribution in [2.75, 3.05) is 23.3 Å². The van der Waals surface area contributed by atoms with E-state index in [-0.39, 0.29) is 29.1 Å². The summed E-state index contributed by atoms with van der Waals surface area (Å²) in [5.41, 5.74) is 9.09. The molecule has 3 aromatic heterocycles. The van der Waals surface area contributed by atoms with Gasteiger partial charge in [0.2, 0.25) is 5.95 Å². The molecule has 0 spiro atoms. The number of pyridine rings is 1. The summed E-state index contributed by atoms with van der Waals surface area (Å²) in [6, 6.07) is 7.65. The lowest BCUT2D eigenvalue weighted by Crippen LogP contribution is -2.55. The number of imidazole rings is 1. The van der Waals surface area contributed by atoms with Crippen molar-refractivity contribution in [1.82, 2.24) is 19.6 Å². The minimum absolute atomic E-state index is 0.00217. The van der Waals surface area contributed by atoms with Gasteiger partial charge in [0.25, 0.3) is 0 Å². The number of hydrogen-bond acceptors (Lipinski definition) is 7. The van der Waals surface area contributed by atoms with Gasteiger partial charge in [0.15, 0.2) is 0 Å². The molecule has 4 aromatic rings. The first-order valence-corrected chi connectivity index (χ1v) is 12.1. The summed E-state index contributed by atoms with van der Waals surface area (Å²) in [5, 5.41) is 18.0. The molecular formula is C26H27F2N7O. The first-order chi connectivity index (χ1) is 17.4. The zero-order chi connectivity index (χ0) is 25.0. The Labute approximate surface area is 206 Å². The van der Waals surface area contributed by atoms with Gasteiger partial charge in [-0.1, -0.05) is 6.92 Å². The number of hydrogen-bond donors (Lipinski definition) is 3. The first kappa shape index (κ1) is 22.8. The van der Waals surface area contributed by atoms with Gasteiger partial charge in [-0.15, -0.1) is 0 Å². The second kappa shape index (κ2) is 8.79. The molecule has 0 bridgehead atoms. The summed E-state index contributed by atoms with van der Waals surface area (Å²) in [6.45, 7) is 3.09. The van der Waals surface area contributed by atoms with E-state index >= 15 is 0 Å². The van der Waals surface area contributed by atoms with Crippen molar-refractivity contribution < 1.29 is 13.9 Å². The molecule has 0 radical (unpaired) electrons. The number of aliphatic hydroxyl groups excluding tert-OH is 1. The van der Waals surface area contributed by atoms with E-state index in [9.17, 15) is 13.9 Å². The Hall–Kier alpha value is -3.63. The van der Waals surface area contributed by atoms with Crippen LogP contribution in [-0.4, -0.2) is 49.9 Å². The van der Waals surface area contributed by atoms with Crippen LogP contribution < -0.4 is 16.0 Å². The Morgan fingerprint density at radius 1 is 1.08 bits per heavy atom. The van der Waals surface area contributed by atoms with Crippen LogP contribution in [0.25, 0.3) is 16.8 Å². The highest BCUT2D eigenvalue weighted by Crippen LogP contribution is 2.42. The Morgan fingerprint density at radius 3 is 2.58 bits per heavy atom. The van der Waals surface area contributed by atoms with Gasteiger partial charge in [0.05, 0.1) is 46.6 Å². The van der Waals surface area contributed by atoms with E-state index in [0.717, 1.165) is 18.5 Å². The smallest absolute Gasteiger partial charge is 0.229 e. The van der Waals surface area contributed by atoms with Crippen molar-refractivity contribution in [2.45, 2.75) is 37.8 Å². The van der Waals surface area contributed by atoms with E-state index in [2.05, 4.69) is 25.3 Å². The lowest BCUT2D eigenvalue weighted by Gasteiger charge is -2.40. The SMILES string of the molecule is CC1CN(c2ccncc2Nc2ncc3ccc(-c4c(F)cc(C5CC5)cc4F)nn23)CC(N)C1O. The maximum atomic E-state index is 14.9. The number of fused-ring (bicyclic) bond motifs is 1. The summed E-state index contributed by atoms with van der Waals surface area (Å²) in [4.78, 5) is 10.8. The molecule has 186 valence electrons. The standard InChI is InChI=1S/C26H27F2N7O/c1-14-12-34(13-20(29)25(14)36)23-6-7-30-11-22(23)32-26-31-10-17-4-5-21(33-35(17)26)24-18(27)8-16(9-19(24)28)15-2-3-15/h4-11,14-15,20,25,36H,2-3,12-13,29H2,1H3,(H,31,32). The number of piperidine rings is 1. The van der Waals surface area contributed by atoms with E-state index in [1.165, 1.54) is 16.6 Å². The maximum Gasteiger partial charge on any atom is 0.229 e. The summed E-state index contributed by atoms with van der Waals surface area (Å²) < 4.78 is 31.4. The van der Waals surface area contributed by atoms with Gasteiger partial charge < -0.3 is 21.1 Å². The van der Waals surface area contributed by atoms with Gasteiger partial charge in [-0.3, -0.25) is 4.98 Å². The number of halogens is 2. The number of benzene rings is 1. The predicted octanol–water partition coefficient (Wildman–Crippen LogP) is 3.83. The first-order valence-electron chi connectivity index (χ1n) is 12.1. The molecule has 2 fully saturated rings. The zero-order valence-corrected chi connectivity index (χ0v) is 19.8. The van der Waals surface area contributed by atoms with Crippen molar-refractivity contribution in [3.63, 3.8) is 0 Å². The molecule has 1 aromatic carbocycles. The highest BCUT2D eigenvalue weighted by atomic mass is 19.1. The second-order valence-corrected chi connectivity index (χ2v) is 9.83. The fourth-order valence-corrected chi connectivity index (χ4v) is 4.98. The quantitative estimate of drug-likeness (QED) is 0.390. The molecule has 3 atom stereocenters. The molecule has 1 saturated carbocycles. The number of aromatic nitrogens is 4. The average molecular weight is 492 g/mol. The van der Waals surface area contributed by atoms with E-state index in [4.69, 9.17) is 5.73 Å². The Morgan fingerprint density at radius 2 is 1.86 bits per heavy atom. The monoisotopic (exact) mass is 491 g/mol. The third-order valence-corrected chi connectivity index (χ3v) is 7.10. The summed E-state index contributed by atoms with van der Waals surface area (Å²) >= 11 is 0. The van der Waals surface area contributed by atoms with Gasteiger partial charge in [-0.05, 0) is 54.7 Å². The Bertz CT molecular complexity index is 1400. The van der Waals surface area contributed by atoms with Crippen molar-refractivity contribution in [3.8, 4) is 11.3 Å². The molecule has 4 heterocycles. The van der Waals surface area contributed by atoms with Crippen molar-refractivity contribution in [2.24, 2.45) is 11.7 Å². The molecule has 1 aliphatic heterocycles. The van der Waals surface area contributed by atoms with Crippen LogP contribution in [0.2, 0.25) is 0 Å². The lowest BCUT2D eigenvalue weighted by molar-refractivity contribution is 0.0785.